The van der Waals surface area contributed by atoms with Crippen LogP contribution in [0.2, 0.25) is 0 Å². The molecule has 0 aliphatic rings. The van der Waals surface area contributed by atoms with Crippen LogP contribution in [-0.2, 0) is 6.42 Å². The molecule has 112 valence electrons. The first-order valence-corrected chi connectivity index (χ1v) is 7.05. The molecule has 0 amide bonds. The van der Waals surface area contributed by atoms with Crippen LogP contribution < -0.4 is 15.4 Å². The number of ether oxygens (including phenoxy) is 1. The fourth-order valence-electron chi connectivity index (χ4n) is 1.99. The molecule has 6 heteroatoms. The van der Waals surface area contributed by atoms with E-state index < -0.39 is 0 Å². The van der Waals surface area contributed by atoms with Crippen molar-refractivity contribution in [3.8, 4) is 6.01 Å². The summed E-state index contributed by atoms with van der Waals surface area (Å²) in [4.78, 5) is 12.7. The second-order valence-electron chi connectivity index (χ2n) is 4.73. The second kappa shape index (κ2) is 7.42. The highest BCUT2D eigenvalue weighted by Crippen LogP contribution is 2.13. The maximum Gasteiger partial charge on any atom is 0.322 e. The van der Waals surface area contributed by atoms with Crippen LogP contribution in [0, 0.1) is 0 Å². The highest BCUT2D eigenvalue weighted by Gasteiger charge is 2.09. The minimum atomic E-state index is 0.203. The van der Waals surface area contributed by atoms with Gasteiger partial charge in [0.25, 0.3) is 0 Å². The Morgan fingerprint density at radius 1 is 1.10 bits per heavy atom. The van der Waals surface area contributed by atoms with E-state index >= 15 is 0 Å². The molecule has 0 fully saturated rings. The van der Waals surface area contributed by atoms with Gasteiger partial charge in [0.2, 0.25) is 11.9 Å². The molecule has 21 heavy (non-hydrogen) atoms. The van der Waals surface area contributed by atoms with Crippen molar-refractivity contribution in [2.45, 2.75) is 26.3 Å². The van der Waals surface area contributed by atoms with Gasteiger partial charge < -0.3 is 15.4 Å². The van der Waals surface area contributed by atoms with Gasteiger partial charge in [-0.1, -0.05) is 30.3 Å². The lowest BCUT2D eigenvalue weighted by Gasteiger charge is -2.15. The minimum absolute atomic E-state index is 0.203. The average Bonchev–Trinajstić information content (AvgIpc) is 2.48. The summed E-state index contributed by atoms with van der Waals surface area (Å²) >= 11 is 0. The van der Waals surface area contributed by atoms with E-state index in [-0.39, 0.29) is 6.04 Å². The molecule has 0 radical (unpaired) electrons. The van der Waals surface area contributed by atoms with E-state index in [0.717, 1.165) is 13.0 Å². The van der Waals surface area contributed by atoms with E-state index in [9.17, 15) is 0 Å². The zero-order chi connectivity index (χ0) is 15.1. The zero-order valence-corrected chi connectivity index (χ0v) is 12.6. The lowest BCUT2D eigenvalue weighted by atomic mass is 10.1. The summed E-state index contributed by atoms with van der Waals surface area (Å²) in [5, 5.41) is 6.35. The van der Waals surface area contributed by atoms with Crippen LogP contribution in [0.1, 0.15) is 19.4 Å². The van der Waals surface area contributed by atoms with Gasteiger partial charge in [-0.15, -0.1) is 0 Å². The van der Waals surface area contributed by atoms with E-state index in [4.69, 9.17) is 4.74 Å². The van der Waals surface area contributed by atoms with Gasteiger partial charge in [0.05, 0.1) is 7.11 Å². The van der Waals surface area contributed by atoms with Crippen LogP contribution >= 0.6 is 0 Å². The molecule has 0 aliphatic carbocycles. The van der Waals surface area contributed by atoms with Crippen LogP contribution in [0.15, 0.2) is 30.3 Å². The van der Waals surface area contributed by atoms with Gasteiger partial charge in [-0.25, -0.2) is 0 Å². The monoisotopic (exact) mass is 287 g/mol. The molecule has 1 atom stereocenters. The fraction of sp³-hybridized carbons (Fsp3) is 0.400. The molecule has 0 spiro atoms. The van der Waals surface area contributed by atoms with E-state index in [0.29, 0.717) is 17.9 Å². The predicted molar refractivity (Wildman–Crippen MR) is 83.8 cm³/mol. The Morgan fingerprint density at radius 3 is 2.48 bits per heavy atom. The van der Waals surface area contributed by atoms with Gasteiger partial charge in [-0.2, -0.15) is 15.0 Å². The van der Waals surface area contributed by atoms with E-state index in [1.807, 2.05) is 25.1 Å². The van der Waals surface area contributed by atoms with E-state index in [1.165, 1.54) is 5.56 Å². The molecule has 1 heterocycles. The predicted octanol–water partition coefficient (Wildman–Crippen LogP) is 2.36. The average molecular weight is 287 g/mol. The highest BCUT2D eigenvalue weighted by molar-refractivity contribution is 5.36. The first kappa shape index (κ1) is 15.0. The van der Waals surface area contributed by atoms with Crippen molar-refractivity contribution >= 4 is 11.9 Å². The van der Waals surface area contributed by atoms with Crippen molar-refractivity contribution in [2.24, 2.45) is 0 Å². The summed E-state index contributed by atoms with van der Waals surface area (Å²) in [6, 6.07) is 10.8. The number of hydrogen-bond acceptors (Lipinski definition) is 6. The smallest absolute Gasteiger partial charge is 0.322 e. The molecule has 0 saturated heterocycles. The number of methoxy groups -OCH3 is 1. The summed E-state index contributed by atoms with van der Waals surface area (Å²) in [6.07, 6.45) is 0.894. The molecule has 2 N–H and O–H groups in total. The molecule has 1 unspecified atom stereocenters. The molecular formula is C15H21N5O. The maximum absolute atomic E-state index is 5.10. The summed E-state index contributed by atoms with van der Waals surface area (Å²) in [7, 11) is 1.54. The Labute approximate surface area is 125 Å². The van der Waals surface area contributed by atoms with Crippen molar-refractivity contribution in [2.75, 3.05) is 24.3 Å². The summed E-state index contributed by atoms with van der Waals surface area (Å²) in [5.74, 6) is 1.03. The molecule has 0 aliphatic heterocycles. The quantitative estimate of drug-likeness (QED) is 0.814. The number of anilines is 2. The number of aromatic nitrogens is 3. The molecule has 0 saturated carbocycles. The topological polar surface area (TPSA) is 72.0 Å². The van der Waals surface area contributed by atoms with Crippen molar-refractivity contribution < 1.29 is 4.74 Å². The third kappa shape index (κ3) is 4.59. The number of benzene rings is 1. The number of hydrogen-bond donors (Lipinski definition) is 2. The minimum Gasteiger partial charge on any atom is -0.467 e. The zero-order valence-electron chi connectivity index (χ0n) is 12.6. The van der Waals surface area contributed by atoms with Crippen LogP contribution in [0.3, 0.4) is 0 Å². The molecule has 0 bridgehead atoms. The van der Waals surface area contributed by atoms with E-state index in [1.54, 1.807) is 7.11 Å². The van der Waals surface area contributed by atoms with Crippen molar-refractivity contribution in [1.29, 1.82) is 0 Å². The Hall–Kier alpha value is -2.37. The van der Waals surface area contributed by atoms with Crippen LogP contribution in [0.5, 0.6) is 6.01 Å². The van der Waals surface area contributed by atoms with Gasteiger partial charge in [0, 0.05) is 12.6 Å². The van der Waals surface area contributed by atoms with Gasteiger partial charge >= 0.3 is 6.01 Å². The van der Waals surface area contributed by atoms with Crippen LogP contribution in [0.4, 0.5) is 11.9 Å². The van der Waals surface area contributed by atoms with Gasteiger partial charge in [0.1, 0.15) is 0 Å². The Bertz CT molecular complexity index is 561. The Morgan fingerprint density at radius 2 is 1.81 bits per heavy atom. The Kier molecular flexibility index (Phi) is 5.31. The van der Waals surface area contributed by atoms with E-state index in [2.05, 4.69) is 44.6 Å². The van der Waals surface area contributed by atoms with Crippen molar-refractivity contribution in [1.82, 2.24) is 15.0 Å². The summed E-state index contributed by atoms with van der Waals surface area (Å²) < 4.78 is 5.10. The maximum atomic E-state index is 5.10. The highest BCUT2D eigenvalue weighted by atomic mass is 16.5. The molecule has 1 aromatic carbocycles. The third-order valence-electron chi connectivity index (χ3n) is 2.89. The standard InChI is InChI=1S/C15H21N5O/c1-4-16-13-18-14(20-15(19-13)21-3)17-11(2)10-12-8-6-5-7-9-12/h5-9,11H,4,10H2,1-3H3,(H2,16,17,18,19,20). The SMILES string of the molecule is CCNc1nc(NC(C)Cc2ccccc2)nc(OC)n1. The van der Waals surface area contributed by atoms with Gasteiger partial charge in [-0.3, -0.25) is 0 Å². The van der Waals surface area contributed by atoms with Crippen molar-refractivity contribution in [3.05, 3.63) is 35.9 Å². The number of nitrogens with one attached hydrogen (secondary N) is 2. The lowest BCUT2D eigenvalue weighted by Crippen LogP contribution is -2.20. The summed E-state index contributed by atoms with van der Waals surface area (Å²) in [5.41, 5.74) is 1.27. The fourth-order valence-corrected chi connectivity index (χ4v) is 1.99. The lowest BCUT2D eigenvalue weighted by molar-refractivity contribution is 0.379. The Balaban J connectivity index is 2.05. The molecular weight excluding hydrogens is 266 g/mol. The molecule has 2 rings (SSSR count). The normalized spacial score (nSPS) is 11.8. The number of nitrogens with zero attached hydrogens (tertiary/aromatic N) is 3. The summed E-state index contributed by atoms with van der Waals surface area (Å²) in [6.45, 7) is 4.82. The third-order valence-corrected chi connectivity index (χ3v) is 2.89. The first-order chi connectivity index (χ1) is 10.2. The number of rotatable bonds is 7. The molecule has 2 aromatic rings. The second-order valence-corrected chi connectivity index (χ2v) is 4.73. The molecule has 1 aromatic heterocycles. The van der Waals surface area contributed by atoms with Crippen molar-refractivity contribution in [3.63, 3.8) is 0 Å². The van der Waals surface area contributed by atoms with Crippen LogP contribution in [-0.4, -0.2) is 34.6 Å². The van der Waals surface area contributed by atoms with Crippen LogP contribution in [0.25, 0.3) is 0 Å². The van der Waals surface area contributed by atoms with Gasteiger partial charge in [-0.05, 0) is 25.8 Å². The van der Waals surface area contributed by atoms with Gasteiger partial charge in [0.15, 0.2) is 0 Å². The molecule has 6 nitrogen and oxygen atoms in total. The largest absolute Gasteiger partial charge is 0.467 e. The first-order valence-electron chi connectivity index (χ1n) is 7.05.